The summed E-state index contributed by atoms with van der Waals surface area (Å²) in [6.45, 7) is 0.241. The molecule has 0 aliphatic carbocycles. The molecule has 1 aromatic heterocycles. The molecular formula is C25H23ClN2O4. The first-order valence-corrected chi connectivity index (χ1v) is 10.6. The lowest BCUT2D eigenvalue weighted by Crippen LogP contribution is -2.38. The Morgan fingerprint density at radius 1 is 1.09 bits per heavy atom. The summed E-state index contributed by atoms with van der Waals surface area (Å²) >= 11 is 6.49. The number of hydrogen-bond donors (Lipinski definition) is 1. The van der Waals surface area contributed by atoms with Crippen LogP contribution in [0.5, 0.6) is 0 Å². The Balaban J connectivity index is 1.80. The molecule has 0 bridgehead atoms. The van der Waals surface area contributed by atoms with Crippen molar-refractivity contribution in [1.29, 1.82) is 0 Å². The van der Waals surface area contributed by atoms with Crippen LogP contribution in [0.15, 0.2) is 88.7 Å². The molecule has 164 valence electrons. The van der Waals surface area contributed by atoms with E-state index < -0.39 is 23.5 Å². The highest BCUT2D eigenvalue weighted by Gasteiger charge is 2.46. The molecule has 2 unspecified atom stereocenters. The quantitative estimate of drug-likeness (QED) is 0.523. The van der Waals surface area contributed by atoms with Gasteiger partial charge in [0, 0.05) is 11.6 Å². The van der Waals surface area contributed by atoms with E-state index in [9.17, 15) is 14.7 Å². The highest BCUT2D eigenvalue weighted by Crippen LogP contribution is 2.42. The number of nitrogens with zero attached hydrogens (tertiary/aromatic N) is 2. The van der Waals surface area contributed by atoms with E-state index in [-0.39, 0.29) is 23.9 Å². The molecular weight excluding hydrogens is 428 g/mol. The van der Waals surface area contributed by atoms with Crippen molar-refractivity contribution >= 4 is 23.3 Å². The maximum atomic E-state index is 13.3. The number of hydrogen-bond acceptors (Lipinski definition) is 5. The molecule has 2 atom stereocenters. The highest BCUT2D eigenvalue weighted by molar-refractivity contribution is 6.31. The molecule has 6 nitrogen and oxygen atoms in total. The number of rotatable bonds is 7. The minimum absolute atomic E-state index is 0.0383. The summed E-state index contributed by atoms with van der Waals surface area (Å²) < 4.78 is 5.26. The molecule has 7 heteroatoms. The van der Waals surface area contributed by atoms with Crippen LogP contribution in [0.2, 0.25) is 5.02 Å². The van der Waals surface area contributed by atoms with Crippen molar-refractivity contribution in [2.45, 2.75) is 12.1 Å². The largest absolute Gasteiger partial charge is 0.503 e. The number of aliphatic hydroxyl groups is 1. The van der Waals surface area contributed by atoms with Crippen LogP contribution in [0.1, 0.15) is 33.8 Å². The van der Waals surface area contributed by atoms with Crippen LogP contribution in [0.3, 0.4) is 0 Å². The average molecular weight is 451 g/mol. The zero-order valence-corrected chi connectivity index (χ0v) is 18.5. The second-order valence-electron chi connectivity index (χ2n) is 7.84. The van der Waals surface area contributed by atoms with Crippen molar-refractivity contribution in [3.8, 4) is 0 Å². The molecule has 0 saturated heterocycles. The molecule has 0 spiro atoms. The van der Waals surface area contributed by atoms with Gasteiger partial charge in [-0.1, -0.05) is 60.1 Å². The van der Waals surface area contributed by atoms with Crippen LogP contribution in [-0.2, 0) is 4.79 Å². The molecule has 0 saturated carbocycles. The maximum absolute atomic E-state index is 13.3. The zero-order valence-electron chi connectivity index (χ0n) is 17.7. The van der Waals surface area contributed by atoms with Gasteiger partial charge in [0.25, 0.3) is 5.91 Å². The van der Waals surface area contributed by atoms with E-state index in [0.29, 0.717) is 10.6 Å². The lowest BCUT2D eigenvalue weighted by atomic mass is 9.94. The number of furan rings is 1. The van der Waals surface area contributed by atoms with Gasteiger partial charge in [-0.05, 0) is 43.4 Å². The molecule has 1 aliphatic heterocycles. The SMILES string of the molecule is CN(C)C(CN1C(=O)C(O)=C(C(=O)c2ccco2)C1c1ccccc1Cl)c1ccccc1. The predicted octanol–water partition coefficient (Wildman–Crippen LogP) is 4.81. The first-order valence-electron chi connectivity index (χ1n) is 10.2. The van der Waals surface area contributed by atoms with Crippen molar-refractivity contribution in [2.24, 2.45) is 0 Å². The van der Waals surface area contributed by atoms with Crippen molar-refractivity contribution < 1.29 is 19.1 Å². The summed E-state index contributed by atoms with van der Waals surface area (Å²) in [4.78, 5) is 30.0. The lowest BCUT2D eigenvalue weighted by molar-refractivity contribution is -0.130. The van der Waals surface area contributed by atoms with Gasteiger partial charge in [0.05, 0.1) is 23.9 Å². The van der Waals surface area contributed by atoms with E-state index in [0.717, 1.165) is 5.56 Å². The summed E-state index contributed by atoms with van der Waals surface area (Å²) in [6.07, 6.45) is 1.38. The third-order valence-corrected chi connectivity index (χ3v) is 6.01. The van der Waals surface area contributed by atoms with Gasteiger partial charge in [-0.2, -0.15) is 0 Å². The number of amides is 1. The fourth-order valence-corrected chi connectivity index (χ4v) is 4.30. The Bertz CT molecular complexity index is 1160. The van der Waals surface area contributed by atoms with E-state index in [1.54, 1.807) is 30.3 Å². The second kappa shape index (κ2) is 9.02. The van der Waals surface area contributed by atoms with Gasteiger partial charge in [0.15, 0.2) is 11.5 Å². The number of carbonyl (C=O) groups is 2. The molecule has 1 N–H and O–H groups in total. The van der Waals surface area contributed by atoms with Gasteiger partial charge in [0.1, 0.15) is 0 Å². The van der Waals surface area contributed by atoms with E-state index >= 15 is 0 Å². The van der Waals surface area contributed by atoms with Gasteiger partial charge in [-0.15, -0.1) is 0 Å². The fourth-order valence-electron chi connectivity index (χ4n) is 4.06. The Morgan fingerprint density at radius 2 is 1.78 bits per heavy atom. The van der Waals surface area contributed by atoms with Gasteiger partial charge in [-0.3, -0.25) is 9.59 Å². The zero-order chi connectivity index (χ0) is 22.8. The molecule has 1 aliphatic rings. The Kier molecular flexibility index (Phi) is 6.17. The van der Waals surface area contributed by atoms with Crippen molar-refractivity contribution in [2.75, 3.05) is 20.6 Å². The van der Waals surface area contributed by atoms with Crippen molar-refractivity contribution in [3.63, 3.8) is 0 Å². The van der Waals surface area contributed by atoms with Gasteiger partial charge in [-0.25, -0.2) is 0 Å². The lowest BCUT2D eigenvalue weighted by Gasteiger charge is -2.34. The number of carbonyl (C=O) groups excluding carboxylic acids is 2. The van der Waals surface area contributed by atoms with Crippen LogP contribution in [0.25, 0.3) is 0 Å². The van der Waals surface area contributed by atoms with Crippen LogP contribution >= 0.6 is 11.6 Å². The number of ketones is 1. The predicted molar refractivity (Wildman–Crippen MR) is 121 cm³/mol. The number of benzene rings is 2. The monoisotopic (exact) mass is 450 g/mol. The fraction of sp³-hybridized carbons (Fsp3) is 0.200. The normalized spacial score (nSPS) is 17.3. The first kappa shape index (κ1) is 21.9. The number of likely N-dealkylation sites (N-methyl/N-ethyl adjacent to an activating group) is 1. The number of halogens is 1. The molecule has 1 amide bonds. The maximum Gasteiger partial charge on any atom is 0.290 e. The van der Waals surface area contributed by atoms with Gasteiger partial charge < -0.3 is 19.3 Å². The summed E-state index contributed by atoms with van der Waals surface area (Å²) in [5, 5.41) is 11.2. The molecule has 0 radical (unpaired) electrons. The van der Waals surface area contributed by atoms with Crippen LogP contribution < -0.4 is 0 Å². The summed E-state index contributed by atoms with van der Waals surface area (Å²) in [5.41, 5.74) is 1.53. The average Bonchev–Trinajstić information content (AvgIpc) is 3.41. The molecule has 4 rings (SSSR count). The van der Waals surface area contributed by atoms with Gasteiger partial charge >= 0.3 is 0 Å². The Labute approximate surface area is 191 Å². The Hall–Kier alpha value is -3.35. The third kappa shape index (κ3) is 3.95. The van der Waals surface area contributed by atoms with Crippen LogP contribution in [-0.4, -0.2) is 47.2 Å². The molecule has 3 aromatic rings. The van der Waals surface area contributed by atoms with E-state index in [1.165, 1.54) is 17.2 Å². The summed E-state index contributed by atoms with van der Waals surface area (Å²) in [5.74, 6) is -1.70. The Morgan fingerprint density at radius 3 is 2.41 bits per heavy atom. The van der Waals surface area contributed by atoms with E-state index in [4.69, 9.17) is 16.0 Å². The topological polar surface area (TPSA) is 74.0 Å². The molecule has 2 heterocycles. The first-order chi connectivity index (χ1) is 15.4. The molecule has 2 aromatic carbocycles. The minimum Gasteiger partial charge on any atom is -0.503 e. The minimum atomic E-state index is -0.847. The van der Waals surface area contributed by atoms with Gasteiger partial charge in [0.2, 0.25) is 5.78 Å². The molecule has 0 fully saturated rings. The van der Waals surface area contributed by atoms with Crippen LogP contribution in [0.4, 0.5) is 0 Å². The van der Waals surface area contributed by atoms with E-state index in [2.05, 4.69) is 0 Å². The molecule has 32 heavy (non-hydrogen) atoms. The summed E-state index contributed by atoms with van der Waals surface area (Å²) in [6, 6.07) is 18.9. The number of aliphatic hydroxyl groups excluding tert-OH is 1. The highest BCUT2D eigenvalue weighted by atomic mass is 35.5. The third-order valence-electron chi connectivity index (χ3n) is 5.67. The summed E-state index contributed by atoms with van der Waals surface area (Å²) in [7, 11) is 3.84. The number of Topliss-reactive ketones (excluding diaryl/α,β-unsaturated/α-hetero) is 1. The van der Waals surface area contributed by atoms with Crippen molar-refractivity contribution in [3.05, 3.63) is 106 Å². The standard InChI is InChI=1S/C25H23ClN2O4/c1-27(2)19(16-9-4-3-5-10-16)15-28-22(17-11-6-7-12-18(17)26)21(24(30)25(28)31)23(29)20-13-8-14-32-20/h3-14,19,22,30H,15H2,1-2H3. The van der Waals surface area contributed by atoms with Crippen molar-refractivity contribution in [1.82, 2.24) is 9.80 Å². The smallest absolute Gasteiger partial charge is 0.290 e. The van der Waals surface area contributed by atoms with Crippen LogP contribution in [0, 0.1) is 0 Å². The second-order valence-corrected chi connectivity index (χ2v) is 8.25. The van der Waals surface area contributed by atoms with E-state index in [1.807, 2.05) is 49.3 Å².